The van der Waals surface area contributed by atoms with Gasteiger partial charge in [-0.3, -0.25) is 0 Å². The van der Waals surface area contributed by atoms with Crippen LogP contribution in [0.25, 0.3) is 21.5 Å². The maximum Gasteiger partial charge on any atom is 0.119 e. The second-order valence-corrected chi connectivity index (χ2v) is 8.54. The van der Waals surface area contributed by atoms with Gasteiger partial charge in [0.2, 0.25) is 0 Å². The molecule has 0 bridgehead atoms. The molecule has 4 aromatic rings. The van der Waals surface area contributed by atoms with Crippen molar-refractivity contribution in [3.63, 3.8) is 0 Å². The van der Waals surface area contributed by atoms with Crippen LogP contribution in [-0.2, 0) is 0 Å². The van der Waals surface area contributed by atoms with Gasteiger partial charge in [-0.05, 0) is 58.7 Å². The van der Waals surface area contributed by atoms with Crippen molar-refractivity contribution >= 4 is 21.5 Å². The quantitative estimate of drug-likeness (QED) is 0.199. The molecular weight excluding hydrogens is 392 g/mol. The second-order valence-electron chi connectivity index (χ2n) is 8.54. The van der Waals surface area contributed by atoms with Gasteiger partial charge in [0.25, 0.3) is 0 Å². The molecule has 4 rings (SSSR count). The molecule has 0 saturated heterocycles. The highest BCUT2D eigenvalue weighted by Gasteiger charge is 1.99. The van der Waals surface area contributed by atoms with E-state index in [0.717, 1.165) is 37.6 Å². The molecule has 0 amide bonds. The van der Waals surface area contributed by atoms with Gasteiger partial charge in [-0.25, -0.2) is 0 Å². The van der Waals surface area contributed by atoms with Crippen LogP contribution in [0.4, 0.5) is 0 Å². The molecule has 2 nitrogen and oxygen atoms in total. The molecule has 4 aromatic carbocycles. The Hall–Kier alpha value is -3.00. The van der Waals surface area contributed by atoms with Gasteiger partial charge in [-0.1, -0.05) is 99.2 Å². The highest BCUT2D eigenvalue weighted by molar-refractivity contribution is 5.84. The van der Waals surface area contributed by atoms with Crippen LogP contribution in [0, 0.1) is 0 Å². The molecule has 0 heterocycles. The Morgan fingerprint density at radius 3 is 1.19 bits per heavy atom. The lowest BCUT2D eigenvalue weighted by atomic mass is 10.1. The Morgan fingerprint density at radius 2 is 0.750 bits per heavy atom. The van der Waals surface area contributed by atoms with Gasteiger partial charge in [0.1, 0.15) is 11.5 Å². The van der Waals surface area contributed by atoms with E-state index in [1.807, 2.05) is 0 Å². The zero-order valence-electron chi connectivity index (χ0n) is 19.0. The number of benzene rings is 4. The van der Waals surface area contributed by atoms with Crippen molar-refractivity contribution in [1.29, 1.82) is 0 Å². The maximum atomic E-state index is 5.93. The minimum absolute atomic E-state index is 0.810. The second kappa shape index (κ2) is 12.1. The molecule has 0 N–H and O–H groups in total. The summed E-state index contributed by atoms with van der Waals surface area (Å²) in [6.07, 6.45) is 10.0. The summed E-state index contributed by atoms with van der Waals surface area (Å²) < 4.78 is 11.9. The highest BCUT2D eigenvalue weighted by Crippen LogP contribution is 2.22. The van der Waals surface area contributed by atoms with E-state index in [9.17, 15) is 0 Å². The minimum Gasteiger partial charge on any atom is -0.494 e. The molecule has 166 valence electrons. The van der Waals surface area contributed by atoms with Crippen LogP contribution in [0.1, 0.15) is 51.4 Å². The van der Waals surface area contributed by atoms with E-state index in [-0.39, 0.29) is 0 Å². The standard InChI is InChI=1S/C30H34O2/c1(3-5-11-21-31-29-19-17-25-13-7-9-15-27(25)23-29)2-4-6-12-22-32-30-20-18-26-14-8-10-16-28(26)24-30/h7-10,13-20,23-24H,1-6,11-12,21-22H2. The van der Waals surface area contributed by atoms with E-state index in [1.165, 1.54) is 60.1 Å². The Labute approximate surface area is 192 Å². The van der Waals surface area contributed by atoms with E-state index in [1.54, 1.807) is 0 Å². The summed E-state index contributed by atoms with van der Waals surface area (Å²) in [5.41, 5.74) is 0. The summed E-state index contributed by atoms with van der Waals surface area (Å²) in [4.78, 5) is 0. The van der Waals surface area contributed by atoms with E-state index >= 15 is 0 Å². The van der Waals surface area contributed by atoms with Crippen LogP contribution in [0.2, 0.25) is 0 Å². The van der Waals surface area contributed by atoms with Crippen molar-refractivity contribution in [1.82, 2.24) is 0 Å². The minimum atomic E-state index is 0.810. The molecule has 0 radical (unpaired) electrons. The van der Waals surface area contributed by atoms with Crippen LogP contribution in [0.5, 0.6) is 11.5 Å². The van der Waals surface area contributed by atoms with Crippen LogP contribution >= 0.6 is 0 Å². The van der Waals surface area contributed by atoms with Crippen molar-refractivity contribution in [2.75, 3.05) is 13.2 Å². The molecular formula is C30H34O2. The first kappa shape index (κ1) is 22.2. The largest absolute Gasteiger partial charge is 0.494 e. The van der Waals surface area contributed by atoms with E-state index in [2.05, 4.69) is 84.9 Å². The normalized spacial score (nSPS) is 11.1. The highest BCUT2D eigenvalue weighted by atomic mass is 16.5. The van der Waals surface area contributed by atoms with E-state index in [4.69, 9.17) is 9.47 Å². The molecule has 32 heavy (non-hydrogen) atoms. The molecule has 0 spiro atoms. The number of ether oxygens (including phenoxy) is 2. The summed E-state index contributed by atoms with van der Waals surface area (Å²) in [7, 11) is 0. The summed E-state index contributed by atoms with van der Waals surface area (Å²) in [5.74, 6) is 1.96. The summed E-state index contributed by atoms with van der Waals surface area (Å²) in [6, 6.07) is 29.5. The Bertz CT molecular complexity index is 1010. The maximum absolute atomic E-state index is 5.93. The number of hydrogen-bond donors (Lipinski definition) is 0. The van der Waals surface area contributed by atoms with Crippen LogP contribution < -0.4 is 9.47 Å². The summed E-state index contributed by atoms with van der Waals surface area (Å²) in [6.45, 7) is 1.62. The third-order valence-electron chi connectivity index (χ3n) is 6.02. The molecule has 0 saturated carbocycles. The predicted octanol–water partition coefficient (Wildman–Crippen LogP) is 8.57. The van der Waals surface area contributed by atoms with Crippen LogP contribution in [0.3, 0.4) is 0 Å². The monoisotopic (exact) mass is 426 g/mol. The fourth-order valence-electron chi connectivity index (χ4n) is 4.16. The number of fused-ring (bicyclic) bond motifs is 2. The molecule has 2 heteroatoms. The third-order valence-corrected chi connectivity index (χ3v) is 6.02. The van der Waals surface area contributed by atoms with Gasteiger partial charge < -0.3 is 9.47 Å². The Morgan fingerprint density at radius 1 is 0.375 bits per heavy atom. The van der Waals surface area contributed by atoms with E-state index in [0.29, 0.717) is 0 Å². The zero-order valence-corrected chi connectivity index (χ0v) is 19.0. The first-order valence-electron chi connectivity index (χ1n) is 12.1. The van der Waals surface area contributed by atoms with Crippen LogP contribution in [-0.4, -0.2) is 13.2 Å². The fraction of sp³-hybridized carbons (Fsp3) is 0.333. The summed E-state index contributed by atoms with van der Waals surface area (Å²) >= 11 is 0. The van der Waals surface area contributed by atoms with Gasteiger partial charge in [0.15, 0.2) is 0 Å². The van der Waals surface area contributed by atoms with Crippen LogP contribution in [0.15, 0.2) is 84.9 Å². The van der Waals surface area contributed by atoms with Crippen molar-refractivity contribution in [3.05, 3.63) is 84.9 Å². The van der Waals surface area contributed by atoms with Crippen molar-refractivity contribution in [3.8, 4) is 11.5 Å². The van der Waals surface area contributed by atoms with Gasteiger partial charge in [-0.15, -0.1) is 0 Å². The van der Waals surface area contributed by atoms with Crippen molar-refractivity contribution in [2.45, 2.75) is 51.4 Å². The Balaban J connectivity index is 0.990. The van der Waals surface area contributed by atoms with Crippen molar-refractivity contribution in [2.24, 2.45) is 0 Å². The first-order chi connectivity index (χ1) is 15.9. The molecule has 0 aliphatic heterocycles. The number of rotatable bonds is 13. The topological polar surface area (TPSA) is 18.5 Å². The average Bonchev–Trinajstić information content (AvgIpc) is 2.84. The third kappa shape index (κ3) is 6.75. The van der Waals surface area contributed by atoms with Gasteiger partial charge in [0, 0.05) is 0 Å². The number of unbranched alkanes of at least 4 members (excludes halogenated alkanes) is 7. The smallest absolute Gasteiger partial charge is 0.119 e. The molecule has 0 aliphatic rings. The fourth-order valence-corrected chi connectivity index (χ4v) is 4.16. The molecule has 0 unspecified atom stereocenters. The van der Waals surface area contributed by atoms with Crippen molar-refractivity contribution < 1.29 is 9.47 Å². The molecule has 0 aliphatic carbocycles. The first-order valence-corrected chi connectivity index (χ1v) is 12.1. The predicted molar refractivity (Wildman–Crippen MR) is 136 cm³/mol. The average molecular weight is 427 g/mol. The summed E-state index contributed by atoms with van der Waals surface area (Å²) in [5, 5.41) is 5.01. The lowest BCUT2D eigenvalue weighted by Gasteiger charge is -2.08. The molecule has 0 atom stereocenters. The molecule has 0 aromatic heterocycles. The van der Waals surface area contributed by atoms with E-state index < -0.39 is 0 Å². The van der Waals surface area contributed by atoms with Gasteiger partial charge in [0.05, 0.1) is 13.2 Å². The SMILES string of the molecule is c1ccc2cc(OCCCCCCCCCCOc3ccc4ccccc4c3)ccc2c1. The van der Waals surface area contributed by atoms with Gasteiger partial charge in [-0.2, -0.15) is 0 Å². The number of hydrogen-bond acceptors (Lipinski definition) is 2. The zero-order chi connectivity index (χ0) is 21.8. The lowest BCUT2D eigenvalue weighted by Crippen LogP contribution is -1.98. The molecule has 0 fully saturated rings. The lowest BCUT2D eigenvalue weighted by molar-refractivity contribution is 0.301. The van der Waals surface area contributed by atoms with Gasteiger partial charge >= 0.3 is 0 Å². The Kier molecular flexibility index (Phi) is 8.43.